The van der Waals surface area contributed by atoms with Crippen molar-refractivity contribution in [2.24, 2.45) is 0 Å². The van der Waals surface area contributed by atoms with Crippen LogP contribution in [0.3, 0.4) is 0 Å². The fourth-order valence-corrected chi connectivity index (χ4v) is 2.66. The number of aromatic nitrogens is 3. The maximum Gasteiger partial charge on any atom is 0.323 e. The summed E-state index contributed by atoms with van der Waals surface area (Å²) in [6, 6.07) is 13.2. The molecular weight excluding hydrogens is 345 g/mol. The van der Waals surface area contributed by atoms with Gasteiger partial charge in [-0.05, 0) is 42.8 Å². The summed E-state index contributed by atoms with van der Waals surface area (Å²) in [5, 5.41) is 5.33. The van der Waals surface area contributed by atoms with E-state index < -0.39 is 6.03 Å². The van der Waals surface area contributed by atoms with Crippen LogP contribution in [0.2, 0.25) is 0 Å². The lowest BCUT2D eigenvalue weighted by Gasteiger charge is -2.09. The van der Waals surface area contributed by atoms with E-state index in [1.165, 1.54) is 6.07 Å². The molecule has 2 amide bonds. The molecule has 0 unspecified atom stereocenters. The molecule has 0 aliphatic heterocycles. The molecule has 2 aromatic carbocycles. The SMILES string of the molecule is Cc1ccc(NC(=O)Nc2ccc(-c3cn4cccnc4n3)cc2)cc1F. The van der Waals surface area contributed by atoms with E-state index in [9.17, 15) is 9.18 Å². The van der Waals surface area contributed by atoms with Crippen molar-refractivity contribution in [1.82, 2.24) is 14.4 Å². The van der Waals surface area contributed by atoms with Crippen LogP contribution in [0.4, 0.5) is 20.6 Å². The number of amides is 2. The third-order valence-electron chi connectivity index (χ3n) is 4.10. The Bertz CT molecular complexity index is 1090. The fraction of sp³-hybridized carbons (Fsp3) is 0.0500. The number of fused-ring (bicyclic) bond motifs is 1. The Labute approximate surface area is 154 Å². The van der Waals surface area contributed by atoms with E-state index in [0.717, 1.165) is 11.3 Å². The summed E-state index contributed by atoms with van der Waals surface area (Å²) in [7, 11) is 0. The third-order valence-corrected chi connectivity index (χ3v) is 4.10. The molecular formula is C20H16FN5O. The molecule has 0 fully saturated rings. The first-order chi connectivity index (χ1) is 13.1. The number of hydrogen-bond acceptors (Lipinski definition) is 3. The topological polar surface area (TPSA) is 71.3 Å². The number of carbonyl (C=O) groups is 1. The lowest BCUT2D eigenvalue weighted by Crippen LogP contribution is -2.19. The highest BCUT2D eigenvalue weighted by Crippen LogP contribution is 2.21. The van der Waals surface area contributed by atoms with E-state index in [2.05, 4.69) is 20.6 Å². The first-order valence-electron chi connectivity index (χ1n) is 8.33. The van der Waals surface area contributed by atoms with Gasteiger partial charge in [-0.1, -0.05) is 18.2 Å². The smallest absolute Gasteiger partial charge is 0.308 e. The zero-order valence-electron chi connectivity index (χ0n) is 14.5. The van der Waals surface area contributed by atoms with Gasteiger partial charge in [0.05, 0.1) is 5.69 Å². The number of nitrogens with zero attached hydrogens (tertiary/aromatic N) is 3. The Balaban J connectivity index is 1.45. The average Bonchev–Trinajstić information content (AvgIpc) is 3.09. The lowest BCUT2D eigenvalue weighted by atomic mass is 10.1. The van der Waals surface area contributed by atoms with Crippen molar-refractivity contribution in [2.45, 2.75) is 6.92 Å². The first-order valence-corrected chi connectivity index (χ1v) is 8.33. The lowest BCUT2D eigenvalue weighted by molar-refractivity contribution is 0.262. The minimum Gasteiger partial charge on any atom is -0.308 e. The van der Waals surface area contributed by atoms with Gasteiger partial charge in [0.2, 0.25) is 5.78 Å². The summed E-state index contributed by atoms with van der Waals surface area (Å²) >= 11 is 0. The maximum absolute atomic E-state index is 13.6. The number of urea groups is 1. The number of aryl methyl sites for hydroxylation is 1. The summed E-state index contributed by atoms with van der Waals surface area (Å²) in [6.07, 6.45) is 5.47. The number of benzene rings is 2. The van der Waals surface area contributed by atoms with Crippen LogP contribution in [-0.2, 0) is 0 Å². The van der Waals surface area contributed by atoms with Gasteiger partial charge in [0.25, 0.3) is 0 Å². The highest BCUT2D eigenvalue weighted by molar-refractivity contribution is 5.99. The predicted octanol–water partition coefficient (Wildman–Crippen LogP) is 4.49. The minimum absolute atomic E-state index is 0.362. The Hall–Kier alpha value is -3.74. The van der Waals surface area contributed by atoms with Gasteiger partial charge in [-0.25, -0.2) is 19.2 Å². The Morgan fingerprint density at radius 3 is 2.56 bits per heavy atom. The molecule has 2 N–H and O–H groups in total. The molecule has 27 heavy (non-hydrogen) atoms. The number of rotatable bonds is 3. The maximum atomic E-state index is 13.6. The highest BCUT2D eigenvalue weighted by atomic mass is 19.1. The number of halogens is 1. The van der Waals surface area contributed by atoms with Crippen LogP contribution in [0.25, 0.3) is 17.0 Å². The van der Waals surface area contributed by atoms with E-state index in [1.54, 1.807) is 37.4 Å². The molecule has 0 spiro atoms. The number of nitrogens with one attached hydrogen (secondary N) is 2. The van der Waals surface area contributed by atoms with Crippen molar-refractivity contribution < 1.29 is 9.18 Å². The minimum atomic E-state index is -0.442. The van der Waals surface area contributed by atoms with Crippen molar-refractivity contribution in [3.63, 3.8) is 0 Å². The molecule has 2 aromatic heterocycles. The summed E-state index contributed by atoms with van der Waals surface area (Å²) in [6.45, 7) is 1.67. The van der Waals surface area contributed by atoms with E-state index >= 15 is 0 Å². The number of anilines is 2. The van der Waals surface area contributed by atoms with Gasteiger partial charge in [0, 0.05) is 35.5 Å². The van der Waals surface area contributed by atoms with Gasteiger partial charge in [0.1, 0.15) is 5.82 Å². The molecule has 0 radical (unpaired) electrons. The van der Waals surface area contributed by atoms with Gasteiger partial charge in [-0.15, -0.1) is 0 Å². The van der Waals surface area contributed by atoms with Crippen molar-refractivity contribution in [3.8, 4) is 11.3 Å². The fourth-order valence-electron chi connectivity index (χ4n) is 2.66. The molecule has 0 saturated carbocycles. The van der Waals surface area contributed by atoms with Gasteiger partial charge in [0.15, 0.2) is 0 Å². The second kappa shape index (κ2) is 6.87. The normalized spacial score (nSPS) is 10.7. The summed E-state index contributed by atoms with van der Waals surface area (Å²) < 4.78 is 15.4. The van der Waals surface area contributed by atoms with Crippen molar-refractivity contribution >= 4 is 23.2 Å². The summed E-state index contributed by atoms with van der Waals surface area (Å²) in [5.74, 6) is 0.263. The van der Waals surface area contributed by atoms with Crippen LogP contribution in [0, 0.1) is 12.7 Å². The predicted molar refractivity (Wildman–Crippen MR) is 102 cm³/mol. The monoisotopic (exact) mass is 361 g/mol. The van der Waals surface area contributed by atoms with Gasteiger partial charge < -0.3 is 10.6 Å². The van der Waals surface area contributed by atoms with Gasteiger partial charge in [-0.2, -0.15) is 0 Å². The average molecular weight is 361 g/mol. The highest BCUT2D eigenvalue weighted by Gasteiger charge is 2.07. The largest absolute Gasteiger partial charge is 0.323 e. The summed E-state index contributed by atoms with van der Waals surface area (Å²) in [4.78, 5) is 20.7. The van der Waals surface area contributed by atoms with E-state index in [-0.39, 0.29) is 5.82 Å². The van der Waals surface area contributed by atoms with Crippen LogP contribution >= 0.6 is 0 Å². The molecule has 4 aromatic rings. The van der Waals surface area contributed by atoms with Crippen LogP contribution < -0.4 is 10.6 Å². The Kier molecular flexibility index (Phi) is 4.25. The van der Waals surface area contributed by atoms with Crippen molar-refractivity contribution in [2.75, 3.05) is 10.6 Å². The summed E-state index contributed by atoms with van der Waals surface area (Å²) in [5.41, 5.74) is 3.24. The standard InChI is InChI=1S/C20H16FN5O/c1-13-3-6-16(11-17(13)21)24-20(27)23-15-7-4-14(5-8-15)18-12-26-10-2-9-22-19(26)25-18/h2-12H,1H3,(H2,23,24,27). The second-order valence-corrected chi connectivity index (χ2v) is 6.07. The van der Waals surface area contributed by atoms with E-state index in [4.69, 9.17) is 0 Å². The first kappa shape index (κ1) is 16.7. The number of carbonyl (C=O) groups excluding carboxylic acids is 1. The number of imidazole rings is 1. The quantitative estimate of drug-likeness (QED) is 0.565. The Morgan fingerprint density at radius 1 is 1.07 bits per heavy atom. The molecule has 4 rings (SSSR count). The molecule has 6 nitrogen and oxygen atoms in total. The zero-order valence-corrected chi connectivity index (χ0v) is 14.5. The van der Waals surface area contributed by atoms with Gasteiger partial charge in [-0.3, -0.25) is 4.40 Å². The molecule has 2 heterocycles. The molecule has 7 heteroatoms. The molecule has 0 bridgehead atoms. The van der Waals surface area contributed by atoms with E-state index in [1.807, 2.05) is 35.0 Å². The molecule has 0 saturated heterocycles. The van der Waals surface area contributed by atoms with Crippen LogP contribution in [0.1, 0.15) is 5.56 Å². The van der Waals surface area contributed by atoms with Crippen LogP contribution in [-0.4, -0.2) is 20.4 Å². The van der Waals surface area contributed by atoms with Crippen molar-refractivity contribution in [1.29, 1.82) is 0 Å². The van der Waals surface area contributed by atoms with Crippen LogP contribution in [0.5, 0.6) is 0 Å². The van der Waals surface area contributed by atoms with Gasteiger partial charge >= 0.3 is 6.03 Å². The molecule has 134 valence electrons. The van der Waals surface area contributed by atoms with Crippen LogP contribution in [0.15, 0.2) is 67.1 Å². The van der Waals surface area contributed by atoms with E-state index in [0.29, 0.717) is 22.7 Å². The number of hydrogen-bond donors (Lipinski definition) is 2. The van der Waals surface area contributed by atoms with Crippen molar-refractivity contribution in [3.05, 3.63) is 78.5 Å². The molecule has 0 aliphatic rings. The second-order valence-electron chi connectivity index (χ2n) is 6.07. The third kappa shape index (κ3) is 3.62. The molecule has 0 aliphatic carbocycles. The molecule has 0 atom stereocenters. The Morgan fingerprint density at radius 2 is 1.81 bits per heavy atom. The zero-order chi connectivity index (χ0) is 18.8.